The summed E-state index contributed by atoms with van der Waals surface area (Å²) >= 11 is 0. The van der Waals surface area contributed by atoms with E-state index < -0.39 is 19.5 Å². The third kappa shape index (κ3) is 3.26. The molecule has 2 aliphatic heterocycles. The van der Waals surface area contributed by atoms with Crippen LogP contribution < -0.4 is 0 Å². The third-order valence-corrected chi connectivity index (χ3v) is 4.75. The fraction of sp³-hybridized carbons (Fsp3) is 1.00. The monoisotopic (exact) mass is 308 g/mol. The van der Waals surface area contributed by atoms with Gasteiger partial charge in [-0.3, -0.25) is 9.05 Å². The van der Waals surface area contributed by atoms with Crippen molar-refractivity contribution in [3.8, 4) is 0 Å². The van der Waals surface area contributed by atoms with Crippen LogP contribution in [0, 0.1) is 5.92 Å². The van der Waals surface area contributed by atoms with Crippen molar-refractivity contribution in [1.29, 1.82) is 0 Å². The Morgan fingerprint density at radius 1 is 1.40 bits per heavy atom. The molecule has 0 amide bonds. The minimum Gasteiger partial charge on any atom is -0.370 e. The normalized spacial score (nSPS) is 39.7. The van der Waals surface area contributed by atoms with Crippen LogP contribution in [0.15, 0.2) is 0 Å². The lowest BCUT2D eigenvalue weighted by atomic mass is 9.89. The van der Waals surface area contributed by atoms with Gasteiger partial charge < -0.3 is 14.4 Å². The predicted molar refractivity (Wildman–Crippen MR) is 73.4 cm³/mol. The Morgan fingerprint density at radius 3 is 2.55 bits per heavy atom. The molecule has 20 heavy (non-hydrogen) atoms. The summed E-state index contributed by atoms with van der Waals surface area (Å²) in [4.78, 5) is 9.84. The van der Waals surface area contributed by atoms with Gasteiger partial charge in [0.15, 0.2) is 0 Å². The minimum atomic E-state index is -4.11. The van der Waals surface area contributed by atoms with E-state index in [2.05, 4.69) is 13.8 Å². The zero-order chi connectivity index (χ0) is 15.1. The molecule has 0 aliphatic carbocycles. The summed E-state index contributed by atoms with van der Waals surface area (Å²) in [6.07, 6.45) is -0.684. The number of ether oxygens (including phenoxy) is 2. The van der Waals surface area contributed by atoms with E-state index in [4.69, 9.17) is 18.5 Å². The Morgan fingerprint density at radius 2 is 2.05 bits per heavy atom. The van der Waals surface area contributed by atoms with E-state index in [1.807, 2.05) is 6.92 Å². The van der Waals surface area contributed by atoms with Crippen molar-refractivity contribution in [2.75, 3.05) is 6.61 Å². The van der Waals surface area contributed by atoms with E-state index in [9.17, 15) is 9.46 Å². The number of fused-ring (bicyclic) bond motifs is 2. The quantitative estimate of drug-likeness (QED) is 0.760. The van der Waals surface area contributed by atoms with Gasteiger partial charge in [-0.15, -0.1) is 0 Å². The molecule has 2 rings (SSSR count). The molecule has 2 heterocycles. The van der Waals surface area contributed by atoms with Crippen LogP contribution in [-0.2, 0) is 23.1 Å². The SMILES string of the molecule is CC(C)C[C@]12COC([C@H](C)O1)[C@H]2OP(=O)(O)OC(C)C. The molecular formula is C13H25O6P. The molecule has 2 saturated heterocycles. The van der Waals surface area contributed by atoms with Crippen molar-refractivity contribution in [2.24, 2.45) is 5.92 Å². The highest BCUT2D eigenvalue weighted by atomic mass is 31.2. The van der Waals surface area contributed by atoms with Crippen molar-refractivity contribution in [3.63, 3.8) is 0 Å². The van der Waals surface area contributed by atoms with Gasteiger partial charge in [-0.05, 0) is 33.1 Å². The van der Waals surface area contributed by atoms with E-state index in [1.54, 1.807) is 13.8 Å². The van der Waals surface area contributed by atoms with Crippen molar-refractivity contribution in [2.45, 2.75) is 71.1 Å². The Hall–Kier alpha value is 0.0300. The zero-order valence-corrected chi connectivity index (χ0v) is 13.6. The first kappa shape index (κ1) is 16.4. The summed E-state index contributed by atoms with van der Waals surface area (Å²) in [5, 5.41) is 0. The maximum atomic E-state index is 12.0. The number of rotatable bonds is 6. The average Bonchev–Trinajstić information content (AvgIpc) is 2.64. The topological polar surface area (TPSA) is 74.2 Å². The Labute approximate surface area is 120 Å². The number of phosphoric ester groups is 1. The standard InChI is InChI=1S/C13H25O6P/c1-8(2)6-13-7-16-11(10(5)17-13)12(13)19-20(14,15)18-9(3)4/h8-12H,6-7H2,1-5H3,(H,14,15)/t10-,11?,12+,13+/m0/s1. The van der Waals surface area contributed by atoms with Gasteiger partial charge in [-0.1, -0.05) is 13.8 Å². The fourth-order valence-electron chi connectivity index (χ4n) is 3.13. The van der Waals surface area contributed by atoms with Gasteiger partial charge in [0.2, 0.25) is 0 Å². The molecule has 1 N–H and O–H groups in total. The number of phosphoric acid groups is 1. The van der Waals surface area contributed by atoms with E-state index in [-0.39, 0.29) is 18.3 Å². The largest absolute Gasteiger partial charge is 0.472 e. The molecule has 5 atom stereocenters. The predicted octanol–water partition coefficient (Wildman–Crippen LogP) is 2.50. The molecule has 0 aromatic rings. The van der Waals surface area contributed by atoms with Gasteiger partial charge in [-0.25, -0.2) is 4.57 Å². The van der Waals surface area contributed by atoms with Gasteiger partial charge >= 0.3 is 7.82 Å². The van der Waals surface area contributed by atoms with Gasteiger partial charge in [-0.2, -0.15) is 0 Å². The van der Waals surface area contributed by atoms with Crippen LogP contribution in [0.3, 0.4) is 0 Å². The lowest BCUT2D eigenvalue weighted by molar-refractivity contribution is -0.145. The van der Waals surface area contributed by atoms with Crippen LogP contribution >= 0.6 is 7.82 Å². The highest BCUT2D eigenvalue weighted by Crippen LogP contribution is 2.54. The summed E-state index contributed by atoms with van der Waals surface area (Å²) in [6, 6.07) is 0. The lowest BCUT2D eigenvalue weighted by Crippen LogP contribution is -2.42. The van der Waals surface area contributed by atoms with E-state index >= 15 is 0 Å². The Bertz CT molecular complexity index is 398. The van der Waals surface area contributed by atoms with Crippen LogP contribution in [0.1, 0.15) is 41.0 Å². The minimum absolute atomic E-state index is 0.147. The van der Waals surface area contributed by atoms with E-state index in [0.29, 0.717) is 12.5 Å². The molecule has 2 aliphatic rings. The average molecular weight is 308 g/mol. The highest BCUT2D eigenvalue weighted by Gasteiger charge is 2.62. The molecule has 0 aromatic carbocycles. The van der Waals surface area contributed by atoms with Crippen LogP contribution in [0.5, 0.6) is 0 Å². The second-order valence-corrected chi connectivity index (χ2v) is 7.77. The summed E-state index contributed by atoms with van der Waals surface area (Å²) in [6.45, 7) is 9.83. The molecule has 2 unspecified atom stereocenters. The maximum absolute atomic E-state index is 12.0. The fourth-order valence-corrected chi connectivity index (χ4v) is 4.31. The molecule has 0 saturated carbocycles. The maximum Gasteiger partial charge on any atom is 0.472 e. The summed E-state index contributed by atoms with van der Waals surface area (Å²) in [5.41, 5.74) is -0.642. The van der Waals surface area contributed by atoms with E-state index in [0.717, 1.165) is 6.42 Å². The van der Waals surface area contributed by atoms with Gasteiger partial charge in [0.25, 0.3) is 0 Å². The lowest BCUT2D eigenvalue weighted by Gasteiger charge is -2.32. The molecule has 0 spiro atoms. The van der Waals surface area contributed by atoms with Crippen LogP contribution in [0.25, 0.3) is 0 Å². The molecule has 0 radical (unpaired) electrons. The van der Waals surface area contributed by atoms with Crippen molar-refractivity contribution in [3.05, 3.63) is 0 Å². The molecule has 7 heteroatoms. The first-order chi connectivity index (χ1) is 9.15. The molecule has 0 aromatic heterocycles. The molecular weight excluding hydrogens is 283 g/mol. The van der Waals surface area contributed by atoms with Crippen molar-refractivity contribution < 1.29 is 28.0 Å². The van der Waals surface area contributed by atoms with Crippen LogP contribution in [0.4, 0.5) is 0 Å². The Balaban J connectivity index is 2.15. The van der Waals surface area contributed by atoms with E-state index in [1.165, 1.54) is 0 Å². The highest BCUT2D eigenvalue weighted by molar-refractivity contribution is 7.47. The first-order valence-electron chi connectivity index (χ1n) is 7.14. The van der Waals surface area contributed by atoms with Gasteiger partial charge in [0.1, 0.15) is 17.8 Å². The molecule has 6 nitrogen and oxygen atoms in total. The van der Waals surface area contributed by atoms with Gasteiger partial charge in [0.05, 0.1) is 18.8 Å². The van der Waals surface area contributed by atoms with Gasteiger partial charge in [0, 0.05) is 0 Å². The smallest absolute Gasteiger partial charge is 0.370 e. The van der Waals surface area contributed by atoms with Crippen LogP contribution in [-0.4, -0.2) is 41.5 Å². The second kappa shape index (κ2) is 5.67. The Kier molecular flexibility index (Phi) is 4.65. The summed E-state index contributed by atoms with van der Waals surface area (Å²) in [5.74, 6) is 0.373. The van der Waals surface area contributed by atoms with Crippen LogP contribution in [0.2, 0.25) is 0 Å². The second-order valence-electron chi connectivity index (χ2n) is 6.41. The van der Waals surface area contributed by atoms with Crippen molar-refractivity contribution in [1.82, 2.24) is 0 Å². The molecule has 2 fully saturated rings. The zero-order valence-electron chi connectivity index (χ0n) is 12.7. The first-order valence-corrected chi connectivity index (χ1v) is 8.64. The third-order valence-electron chi connectivity index (χ3n) is 3.56. The summed E-state index contributed by atoms with van der Waals surface area (Å²) < 4.78 is 34.1. The van der Waals surface area contributed by atoms with Crippen molar-refractivity contribution >= 4 is 7.82 Å². The molecule has 118 valence electrons. The molecule has 2 bridgehead atoms. The number of hydrogen-bond donors (Lipinski definition) is 1. The summed E-state index contributed by atoms with van der Waals surface area (Å²) in [7, 11) is -4.11. The number of hydrogen-bond acceptors (Lipinski definition) is 5.